The molecule has 0 spiro atoms. The summed E-state index contributed by atoms with van der Waals surface area (Å²) in [7, 11) is 0. The Morgan fingerprint density at radius 3 is 3.12 bits per heavy atom. The predicted molar refractivity (Wildman–Crippen MR) is 97.9 cm³/mol. The second kappa shape index (κ2) is 7.41. The fourth-order valence-corrected chi connectivity index (χ4v) is 3.56. The van der Waals surface area contributed by atoms with Gasteiger partial charge in [-0.3, -0.25) is 0 Å². The summed E-state index contributed by atoms with van der Waals surface area (Å²) in [5.41, 5.74) is 2.32. The molecule has 0 aromatic carbocycles. The molecular weight excluding hydrogens is 316 g/mol. The van der Waals surface area contributed by atoms with E-state index in [1.54, 1.807) is 0 Å². The molecule has 4 rings (SSSR count). The van der Waals surface area contributed by atoms with Crippen LogP contribution in [0.1, 0.15) is 11.3 Å². The van der Waals surface area contributed by atoms with E-state index in [1.807, 2.05) is 19.2 Å². The van der Waals surface area contributed by atoms with Crippen LogP contribution in [0.15, 0.2) is 24.4 Å². The summed E-state index contributed by atoms with van der Waals surface area (Å²) in [4.78, 5) is 6.93. The maximum absolute atomic E-state index is 5.45. The molecule has 0 unspecified atom stereocenters. The van der Waals surface area contributed by atoms with E-state index in [1.165, 1.54) is 5.56 Å². The van der Waals surface area contributed by atoms with Crippen molar-refractivity contribution in [1.82, 2.24) is 20.1 Å². The zero-order valence-corrected chi connectivity index (χ0v) is 14.7. The highest BCUT2D eigenvalue weighted by atomic mass is 16.5. The lowest BCUT2D eigenvalue weighted by Gasteiger charge is -2.29. The highest BCUT2D eigenvalue weighted by Crippen LogP contribution is 2.20. The zero-order chi connectivity index (χ0) is 17.1. The van der Waals surface area contributed by atoms with Gasteiger partial charge in [0.2, 0.25) is 0 Å². The molecule has 2 aromatic heterocycles. The first-order valence-corrected chi connectivity index (χ1v) is 9.05. The van der Waals surface area contributed by atoms with E-state index in [0.717, 1.165) is 69.8 Å². The Kier molecular flexibility index (Phi) is 4.85. The summed E-state index contributed by atoms with van der Waals surface area (Å²) in [6, 6.07) is 6.29. The largest absolute Gasteiger partial charge is 0.378 e. The van der Waals surface area contributed by atoms with Crippen molar-refractivity contribution in [1.29, 1.82) is 0 Å². The molecule has 0 saturated carbocycles. The number of nitrogens with zero attached hydrogens (tertiary/aromatic N) is 4. The molecule has 1 saturated heterocycles. The number of hydrogen-bond acceptors (Lipinski definition) is 6. The van der Waals surface area contributed by atoms with Crippen LogP contribution in [0.5, 0.6) is 0 Å². The summed E-state index contributed by atoms with van der Waals surface area (Å²) < 4.78 is 7.53. The quantitative estimate of drug-likeness (QED) is 0.853. The first-order chi connectivity index (χ1) is 12.3. The molecule has 7 heteroatoms. The molecule has 2 aliphatic rings. The van der Waals surface area contributed by atoms with Gasteiger partial charge < -0.3 is 20.3 Å². The number of fused-ring (bicyclic) bond motifs is 1. The van der Waals surface area contributed by atoms with Crippen LogP contribution >= 0.6 is 0 Å². The summed E-state index contributed by atoms with van der Waals surface area (Å²) in [6.07, 6.45) is 1.88. The monoisotopic (exact) mass is 342 g/mol. The van der Waals surface area contributed by atoms with Gasteiger partial charge >= 0.3 is 0 Å². The highest BCUT2D eigenvalue weighted by Gasteiger charge is 2.20. The van der Waals surface area contributed by atoms with Gasteiger partial charge in [-0.2, -0.15) is 5.10 Å². The molecule has 1 atom stereocenters. The number of aromatic nitrogens is 3. The third-order valence-corrected chi connectivity index (χ3v) is 4.83. The third-order valence-electron chi connectivity index (χ3n) is 4.83. The standard InChI is InChI=1S/C18H26N6O/c1-14-9-17-21-11-15(13-24(17)22-14)10-19-12-16-3-2-4-20-18(16)23-5-7-25-8-6-23/h2-4,9,15,19,21H,5-8,10-13H2,1H3/t15-/m0/s1. The molecule has 2 N–H and O–H groups in total. The molecule has 4 heterocycles. The predicted octanol–water partition coefficient (Wildman–Crippen LogP) is 1.25. The second-order valence-electron chi connectivity index (χ2n) is 6.82. The van der Waals surface area contributed by atoms with E-state index in [9.17, 15) is 0 Å². The van der Waals surface area contributed by atoms with Crippen molar-refractivity contribution in [3.05, 3.63) is 35.7 Å². The number of anilines is 2. The van der Waals surface area contributed by atoms with Crippen molar-refractivity contribution in [2.75, 3.05) is 49.6 Å². The Bertz CT molecular complexity index is 709. The molecular formula is C18H26N6O. The number of ether oxygens (including phenoxy) is 1. The van der Waals surface area contributed by atoms with Gasteiger partial charge in [-0.1, -0.05) is 6.07 Å². The van der Waals surface area contributed by atoms with Crippen LogP contribution < -0.4 is 15.5 Å². The van der Waals surface area contributed by atoms with Gasteiger partial charge in [-0.25, -0.2) is 9.67 Å². The normalized spacial score (nSPS) is 20.2. The van der Waals surface area contributed by atoms with E-state index in [4.69, 9.17) is 4.74 Å². The van der Waals surface area contributed by atoms with Crippen LogP contribution in [0.2, 0.25) is 0 Å². The SMILES string of the molecule is Cc1cc2n(n1)C[C@@H](CNCc1cccnc1N1CCOCC1)CN2. The fraction of sp³-hybridized carbons (Fsp3) is 0.556. The zero-order valence-electron chi connectivity index (χ0n) is 14.7. The van der Waals surface area contributed by atoms with Crippen LogP contribution in [-0.2, 0) is 17.8 Å². The molecule has 2 aliphatic heterocycles. The average molecular weight is 342 g/mol. The molecule has 2 aromatic rings. The number of rotatable bonds is 5. The second-order valence-corrected chi connectivity index (χ2v) is 6.82. The fourth-order valence-electron chi connectivity index (χ4n) is 3.56. The number of aryl methyl sites for hydroxylation is 1. The van der Waals surface area contributed by atoms with Gasteiger partial charge in [-0.05, 0) is 13.0 Å². The smallest absolute Gasteiger partial charge is 0.133 e. The molecule has 0 bridgehead atoms. The van der Waals surface area contributed by atoms with Crippen molar-refractivity contribution in [3.8, 4) is 0 Å². The minimum atomic E-state index is 0.537. The lowest BCUT2D eigenvalue weighted by atomic mass is 10.1. The molecule has 0 amide bonds. The average Bonchev–Trinajstić information content (AvgIpc) is 3.02. The first-order valence-electron chi connectivity index (χ1n) is 9.05. The van der Waals surface area contributed by atoms with Crippen LogP contribution in [-0.4, -0.2) is 54.2 Å². The summed E-state index contributed by atoms with van der Waals surface area (Å²) >= 11 is 0. The Balaban J connectivity index is 1.33. The Morgan fingerprint density at radius 1 is 1.36 bits per heavy atom. The van der Waals surface area contributed by atoms with Crippen molar-refractivity contribution >= 4 is 11.6 Å². The minimum Gasteiger partial charge on any atom is -0.378 e. The molecule has 25 heavy (non-hydrogen) atoms. The van der Waals surface area contributed by atoms with Gasteiger partial charge in [0, 0.05) is 63.0 Å². The summed E-state index contributed by atoms with van der Waals surface area (Å²) in [5.74, 6) is 2.76. The lowest BCUT2D eigenvalue weighted by molar-refractivity contribution is 0.122. The maximum Gasteiger partial charge on any atom is 0.133 e. The van der Waals surface area contributed by atoms with E-state index in [-0.39, 0.29) is 0 Å². The number of hydrogen-bond donors (Lipinski definition) is 2. The van der Waals surface area contributed by atoms with Crippen LogP contribution in [0.4, 0.5) is 11.6 Å². The van der Waals surface area contributed by atoms with Crippen molar-refractivity contribution < 1.29 is 4.74 Å². The number of morpholine rings is 1. The number of pyridine rings is 1. The van der Waals surface area contributed by atoms with Crippen LogP contribution in [0.3, 0.4) is 0 Å². The van der Waals surface area contributed by atoms with Gasteiger partial charge in [0.1, 0.15) is 11.6 Å². The van der Waals surface area contributed by atoms with Gasteiger partial charge in [-0.15, -0.1) is 0 Å². The Labute approximate surface area is 148 Å². The van der Waals surface area contributed by atoms with Gasteiger partial charge in [0.05, 0.1) is 18.9 Å². The molecule has 134 valence electrons. The molecule has 0 radical (unpaired) electrons. The minimum absolute atomic E-state index is 0.537. The summed E-state index contributed by atoms with van der Waals surface area (Å²) in [6.45, 7) is 9.18. The molecule has 7 nitrogen and oxygen atoms in total. The van der Waals surface area contributed by atoms with Crippen molar-refractivity contribution in [2.45, 2.75) is 20.0 Å². The van der Waals surface area contributed by atoms with E-state index >= 15 is 0 Å². The van der Waals surface area contributed by atoms with Crippen molar-refractivity contribution in [3.63, 3.8) is 0 Å². The Morgan fingerprint density at radius 2 is 2.24 bits per heavy atom. The topological polar surface area (TPSA) is 67.2 Å². The molecule has 1 fully saturated rings. The van der Waals surface area contributed by atoms with Crippen molar-refractivity contribution in [2.24, 2.45) is 5.92 Å². The van der Waals surface area contributed by atoms with Crippen LogP contribution in [0.25, 0.3) is 0 Å². The third kappa shape index (κ3) is 3.77. The van der Waals surface area contributed by atoms with Gasteiger partial charge in [0.25, 0.3) is 0 Å². The lowest BCUT2D eigenvalue weighted by Crippen LogP contribution is -2.38. The highest BCUT2D eigenvalue weighted by molar-refractivity contribution is 5.47. The van der Waals surface area contributed by atoms with E-state index in [2.05, 4.69) is 42.4 Å². The van der Waals surface area contributed by atoms with E-state index in [0.29, 0.717) is 5.92 Å². The first kappa shape index (κ1) is 16.4. The van der Waals surface area contributed by atoms with Gasteiger partial charge in [0.15, 0.2) is 0 Å². The summed E-state index contributed by atoms with van der Waals surface area (Å²) in [5, 5.41) is 11.6. The van der Waals surface area contributed by atoms with E-state index < -0.39 is 0 Å². The Hall–Kier alpha value is -2.12. The molecule has 0 aliphatic carbocycles. The maximum atomic E-state index is 5.45. The van der Waals surface area contributed by atoms with Crippen LogP contribution in [0, 0.1) is 12.8 Å². The number of nitrogens with one attached hydrogen (secondary N) is 2.